The fourth-order valence-corrected chi connectivity index (χ4v) is 0.994. The lowest BCUT2D eigenvalue weighted by Crippen LogP contribution is -2.32. The third-order valence-corrected chi connectivity index (χ3v) is 1.80. The van der Waals surface area contributed by atoms with Crippen LogP contribution in [0.2, 0.25) is 0 Å². The SMILES string of the molecule is CCC(C(C)OC)C(F)(F)F. The first-order valence-electron chi connectivity index (χ1n) is 3.53. The maximum atomic E-state index is 12.1. The number of rotatable bonds is 3. The van der Waals surface area contributed by atoms with Crippen LogP contribution in [0.1, 0.15) is 20.3 Å². The number of halogens is 3. The minimum Gasteiger partial charge on any atom is -0.381 e. The van der Waals surface area contributed by atoms with Gasteiger partial charge in [-0.2, -0.15) is 13.2 Å². The molecule has 0 radical (unpaired) electrons. The Hall–Kier alpha value is -0.250. The zero-order valence-electron chi connectivity index (χ0n) is 6.90. The molecular formula is C7H13F3O. The molecule has 0 rings (SSSR count). The van der Waals surface area contributed by atoms with Gasteiger partial charge in [0.15, 0.2) is 0 Å². The van der Waals surface area contributed by atoms with Crippen LogP contribution in [0.5, 0.6) is 0 Å². The highest BCUT2D eigenvalue weighted by Gasteiger charge is 2.41. The summed E-state index contributed by atoms with van der Waals surface area (Å²) in [6, 6.07) is 0. The van der Waals surface area contributed by atoms with Crippen LogP contribution in [-0.4, -0.2) is 19.4 Å². The zero-order chi connectivity index (χ0) is 9.07. The predicted molar refractivity (Wildman–Crippen MR) is 36.3 cm³/mol. The first kappa shape index (κ1) is 10.8. The van der Waals surface area contributed by atoms with Crippen molar-refractivity contribution in [3.05, 3.63) is 0 Å². The fourth-order valence-electron chi connectivity index (χ4n) is 0.994. The van der Waals surface area contributed by atoms with Crippen LogP contribution in [0.15, 0.2) is 0 Å². The normalized spacial score (nSPS) is 18.0. The monoisotopic (exact) mass is 170 g/mol. The van der Waals surface area contributed by atoms with E-state index in [9.17, 15) is 13.2 Å². The minimum absolute atomic E-state index is 0.0680. The molecule has 2 atom stereocenters. The number of hydrogen-bond donors (Lipinski definition) is 0. The molecule has 0 saturated carbocycles. The summed E-state index contributed by atoms with van der Waals surface area (Å²) in [6.45, 7) is 2.94. The second-order valence-corrected chi connectivity index (χ2v) is 2.50. The lowest BCUT2D eigenvalue weighted by Gasteiger charge is -2.23. The van der Waals surface area contributed by atoms with E-state index in [0.29, 0.717) is 0 Å². The Kier molecular flexibility index (Phi) is 3.86. The van der Waals surface area contributed by atoms with E-state index in [1.165, 1.54) is 21.0 Å². The Labute approximate surface area is 64.5 Å². The van der Waals surface area contributed by atoms with E-state index in [1.807, 2.05) is 0 Å². The van der Waals surface area contributed by atoms with Gasteiger partial charge in [-0.1, -0.05) is 6.92 Å². The minimum atomic E-state index is -4.13. The molecular weight excluding hydrogens is 157 g/mol. The van der Waals surface area contributed by atoms with Gasteiger partial charge in [0.1, 0.15) is 0 Å². The van der Waals surface area contributed by atoms with Crippen molar-refractivity contribution in [2.24, 2.45) is 5.92 Å². The van der Waals surface area contributed by atoms with Gasteiger partial charge >= 0.3 is 6.18 Å². The summed E-state index contributed by atoms with van der Waals surface area (Å²) in [5, 5.41) is 0. The fraction of sp³-hybridized carbons (Fsp3) is 1.00. The van der Waals surface area contributed by atoms with Gasteiger partial charge in [-0.25, -0.2) is 0 Å². The van der Waals surface area contributed by atoms with Crippen molar-refractivity contribution in [1.82, 2.24) is 0 Å². The predicted octanol–water partition coefficient (Wildman–Crippen LogP) is 2.61. The Morgan fingerprint density at radius 3 is 1.91 bits per heavy atom. The standard InChI is InChI=1S/C7H13F3O/c1-4-6(5(2)11-3)7(8,9)10/h5-6H,4H2,1-3H3. The highest BCUT2D eigenvalue weighted by atomic mass is 19.4. The van der Waals surface area contributed by atoms with Crippen molar-refractivity contribution in [2.45, 2.75) is 32.5 Å². The van der Waals surface area contributed by atoms with Crippen LogP contribution in [0.3, 0.4) is 0 Å². The molecule has 0 aromatic heterocycles. The molecule has 0 heterocycles. The lowest BCUT2D eigenvalue weighted by molar-refractivity contribution is -0.201. The Balaban J connectivity index is 4.16. The van der Waals surface area contributed by atoms with Gasteiger partial charge in [-0.15, -0.1) is 0 Å². The van der Waals surface area contributed by atoms with Gasteiger partial charge in [0, 0.05) is 7.11 Å². The Morgan fingerprint density at radius 2 is 1.82 bits per heavy atom. The molecule has 0 spiro atoms. The van der Waals surface area contributed by atoms with E-state index in [4.69, 9.17) is 0 Å². The van der Waals surface area contributed by atoms with Crippen LogP contribution < -0.4 is 0 Å². The molecule has 0 aromatic carbocycles. The van der Waals surface area contributed by atoms with Crippen LogP contribution in [-0.2, 0) is 4.74 Å². The van der Waals surface area contributed by atoms with Crippen molar-refractivity contribution >= 4 is 0 Å². The average molecular weight is 170 g/mol. The molecule has 0 amide bonds. The summed E-state index contributed by atoms with van der Waals surface area (Å²) >= 11 is 0. The molecule has 0 aromatic rings. The largest absolute Gasteiger partial charge is 0.394 e. The zero-order valence-corrected chi connectivity index (χ0v) is 6.90. The first-order valence-corrected chi connectivity index (χ1v) is 3.53. The van der Waals surface area contributed by atoms with Crippen LogP contribution in [0.4, 0.5) is 13.2 Å². The van der Waals surface area contributed by atoms with Crippen molar-refractivity contribution in [3.8, 4) is 0 Å². The Morgan fingerprint density at radius 1 is 1.36 bits per heavy atom. The second kappa shape index (κ2) is 3.95. The number of hydrogen-bond acceptors (Lipinski definition) is 1. The molecule has 0 bridgehead atoms. The second-order valence-electron chi connectivity index (χ2n) is 2.50. The van der Waals surface area contributed by atoms with Crippen LogP contribution in [0.25, 0.3) is 0 Å². The highest BCUT2D eigenvalue weighted by Crippen LogP contribution is 2.32. The molecule has 0 fully saturated rings. The molecule has 68 valence electrons. The van der Waals surface area contributed by atoms with E-state index < -0.39 is 18.2 Å². The van der Waals surface area contributed by atoms with Crippen LogP contribution in [0, 0.1) is 5.92 Å². The van der Waals surface area contributed by atoms with Crippen molar-refractivity contribution in [2.75, 3.05) is 7.11 Å². The molecule has 0 aliphatic rings. The molecule has 0 N–H and O–H groups in total. The topological polar surface area (TPSA) is 9.23 Å². The molecule has 0 aliphatic heterocycles. The van der Waals surface area contributed by atoms with Crippen molar-refractivity contribution in [3.63, 3.8) is 0 Å². The summed E-state index contributed by atoms with van der Waals surface area (Å²) in [5.74, 6) is -1.34. The summed E-state index contributed by atoms with van der Waals surface area (Å²) in [7, 11) is 1.29. The number of ether oxygens (including phenoxy) is 1. The van der Waals surface area contributed by atoms with Crippen molar-refractivity contribution in [1.29, 1.82) is 0 Å². The number of methoxy groups -OCH3 is 1. The van der Waals surface area contributed by atoms with E-state index >= 15 is 0 Å². The summed E-state index contributed by atoms with van der Waals surface area (Å²) in [4.78, 5) is 0. The molecule has 1 nitrogen and oxygen atoms in total. The van der Waals surface area contributed by atoms with E-state index in [1.54, 1.807) is 0 Å². The van der Waals surface area contributed by atoms with E-state index in [0.717, 1.165) is 0 Å². The first-order chi connectivity index (χ1) is 4.93. The molecule has 11 heavy (non-hydrogen) atoms. The average Bonchev–Trinajstić information content (AvgIpc) is 1.86. The number of alkyl halides is 3. The highest BCUT2D eigenvalue weighted by molar-refractivity contribution is 4.71. The van der Waals surface area contributed by atoms with E-state index in [2.05, 4.69) is 4.74 Å². The maximum Gasteiger partial charge on any atom is 0.394 e. The van der Waals surface area contributed by atoms with E-state index in [-0.39, 0.29) is 6.42 Å². The molecule has 4 heteroatoms. The summed E-state index contributed by atoms with van der Waals surface area (Å²) < 4.78 is 40.8. The van der Waals surface area contributed by atoms with Crippen LogP contribution >= 0.6 is 0 Å². The van der Waals surface area contributed by atoms with Gasteiger partial charge in [0.05, 0.1) is 12.0 Å². The van der Waals surface area contributed by atoms with Gasteiger partial charge in [0.25, 0.3) is 0 Å². The maximum absolute atomic E-state index is 12.1. The molecule has 0 saturated heterocycles. The smallest absolute Gasteiger partial charge is 0.381 e. The van der Waals surface area contributed by atoms with Gasteiger partial charge in [-0.3, -0.25) is 0 Å². The van der Waals surface area contributed by atoms with Gasteiger partial charge < -0.3 is 4.74 Å². The molecule has 0 aliphatic carbocycles. The summed E-state index contributed by atoms with van der Waals surface area (Å²) in [6.07, 6.45) is -4.82. The lowest BCUT2D eigenvalue weighted by atomic mass is 10.0. The third-order valence-electron chi connectivity index (χ3n) is 1.80. The Bertz CT molecular complexity index is 111. The third kappa shape index (κ3) is 3.10. The summed E-state index contributed by atoms with van der Waals surface area (Å²) in [5.41, 5.74) is 0. The van der Waals surface area contributed by atoms with Gasteiger partial charge in [0.2, 0.25) is 0 Å². The van der Waals surface area contributed by atoms with Gasteiger partial charge in [-0.05, 0) is 13.3 Å². The molecule has 2 unspecified atom stereocenters. The van der Waals surface area contributed by atoms with Crippen molar-refractivity contribution < 1.29 is 17.9 Å². The quantitative estimate of drug-likeness (QED) is 0.632.